The number of nitrogens with one attached hydrogen (secondary N) is 1. The van der Waals surface area contributed by atoms with Gasteiger partial charge in [-0.05, 0) is 30.2 Å². The minimum Gasteiger partial charge on any atom is -0.462 e. The summed E-state index contributed by atoms with van der Waals surface area (Å²) in [6, 6.07) is 27.5. The number of carbonyl (C=O) groups excluding carboxylic acids is 1. The van der Waals surface area contributed by atoms with E-state index < -0.39 is 10.9 Å². The molecule has 0 bridgehead atoms. The van der Waals surface area contributed by atoms with Gasteiger partial charge in [0, 0.05) is 26.2 Å². The summed E-state index contributed by atoms with van der Waals surface area (Å²) in [5.74, 6) is -0.266. The first-order chi connectivity index (χ1) is 19.6. The molecule has 40 heavy (non-hydrogen) atoms. The summed E-state index contributed by atoms with van der Waals surface area (Å²) in [5, 5.41) is 15.3. The summed E-state index contributed by atoms with van der Waals surface area (Å²) in [6.07, 6.45) is 1.31. The van der Waals surface area contributed by atoms with Crippen molar-refractivity contribution in [2.75, 3.05) is 43.0 Å². The lowest BCUT2D eigenvalue weighted by Crippen LogP contribution is -2.48. The number of esters is 1. The highest BCUT2D eigenvalue weighted by Crippen LogP contribution is 2.36. The Morgan fingerprint density at radius 3 is 2.12 bits per heavy atom. The molecule has 0 spiro atoms. The molecule has 0 saturated carbocycles. The van der Waals surface area contributed by atoms with Gasteiger partial charge >= 0.3 is 11.7 Å². The molecule has 5 rings (SSSR count). The minimum atomic E-state index is -0.523. The number of hydrogen-bond donors (Lipinski definition) is 1. The van der Waals surface area contributed by atoms with Crippen LogP contribution in [-0.4, -0.2) is 58.5 Å². The van der Waals surface area contributed by atoms with E-state index in [-0.39, 0.29) is 35.5 Å². The second kappa shape index (κ2) is 12.4. The lowest BCUT2D eigenvalue weighted by molar-refractivity contribution is -0.383. The lowest BCUT2D eigenvalue weighted by atomic mass is 9.96. The average molecular weight is 539 g/mol. The van der Waals surface area contributed by atoms with Crippen molar-refractivity contribution in [1.82, 2.24) is 14.9 Å². The molecule has 3 aromatic carbocycles. The van der Waals surface area contributed by atoms with E-state index in [0.29, 0.717) is 31.9 Å². The van der Waals surface area contributed by atoms with Crippen LogP contribution in [-0.2, 0) is 4.74 Å². The van der Waals surface area contributed by atoms with Crippen LogP contribution < -0.4 is 10.2 Å². The van der Waals surface area contributed by atoms with E-state index in [0.717, 1.165) is 0 Å². The fourth-order valence-corrected chi connectivity index (χ4v) is 5.04. The fourth-order valence-electron chi connectivity index (χ4n) is 5.04. The highest BCUT2D eigenvalue weighted by Gasteiger charge is 2.32. The van der Waals surface area contributed by atoms with Crippen LogP contribution in [0.1, 0.15) is 34.5 Å². The molecule has 0 aliphatic carbocycles. The minimum absolute atomic E-state index is 0.0145. The Morgan fingerprint density at radius 1 is 0.925 bits per heavy atom. The van der Waals surface area contributed by atoms with Crippen molar-refractivity contribution >= 4 is 29.0 Å². The van der Waals surface area contributed by atoms with Crippen molar-refractivity contribution in [2.45, 2.75) is 13.0 Å². The molecule has 204 valence electrons. The molecule has 10 heteroatoms. The normalized spacial score (nSPS) is 13.7. The maximum absolute atomic E-state index is 12.4. The van der Waals surface area contributed by atoms with Gasteiger partial charge in [0.1, 0.15) is 6.33 Å². The zero-order valence-corrected chi connectivity index (χ0v) is 22.1. The standard InChI is InChI=1S/C30H30N6O4/c1-2-40-30(37)24-15-9-10-16-25(24)33-28-27(36(38)39)29(32-21-31-28)35-19-17-34(18-20-35)26(22-11-5-3-6-12-22)23-13-7-4-8-14-23/h3-16,21,26H,2,17-20H2,1H3,(H,31,32,33). The summed E-state index contributed by atoms with van der Waals surface area (Å²) < 4.78 is 5.14. The molecule has 2 heterocycles. The second-order valence-electron chi connectivity index (χ2n) is 9.29. The second-order valence-corrected chi connectivity index (χ2v) is 9.29. The van der Waals surface area contributed by atoms with Crippen LogP contribution >= 0.6 is 0 Å². The molecule has 1 aromatic heterocycles. The van der Waals surface area contributed by atoms with Crippen molar-refractivity contribution < 1.29 is 14.5 Å². The predicted octanol–water partition coefficient (Wildman–Crippen LogP) is 5.22. The van der Waals surface area contributed by atoms with Crippen LogP contribution in [0.25, 0.3) is 0 Å². The summed E-state index contributed by atoms with van der Waals surface area (Å²) in [4.78, 5) is 37.1. The van der Waals surface area contributed by atoms with Gasteiger partial charge in [-0.25, -0.2) is 14.8 Å². The highest BCUT2D eigenvalue weighted by molar-refractivity contribution is 5.96. The molecule has 0 atom stereocenters. The number of aromatic nitrogens is 2. The Kier molecular flexibility index (Phi) is 8.26. The van der Waals surface area contributed by atoms with Crippen molar-refractivity contribution in [3.63, 3.8) is 0 Å². The molecule has 1 aliphatic rings. The molecule has 10 nitrogen and oxygen atoms in total. The highest BCUT2D eigenvalue weighted by atomic mass is 16.6. The fraction of sp³-hybridized carbons (Fsp3) is 0.233. The van der Waals surface area contributed by atoms with E-state index in [1.807, 2.05) is 41.3 Å². The number of para-hydroxylation sites is 1. The number of nitro groups is 1. The van der Waals surface area contributed by atoms with Crippen LogP contribution in [0, 0.1) is 10.1 Å². The van der Waals surface area contributed by atoms with Crippen molar-refractivity contribution in [3.8, 4) is 0 Å². The monoisotopic (exact) mass is 538 g/mol. The third kappa shape index (κ3) is 5.76. The van der Waals surface area contributed by atoms with Crippen molar-refractivity contribution in [3.05, 3.63) is 118 Å². The molecule has 1 N–H and O–H groups in total. The average Bonchev–Trinajstić information content (AvgIpc) is 2.99. The first-order valence-electron chi connectivity index (χ1n) is 13.2. The van der Waals surface area contributed by atoms with Gasteiger partial charge in [0.2, 0.25) is 11.6 Å². The molecule has 0 radical (unpaired) electrons. The smallest absolute Gasteiger partial charge is 0.353 e. The zero-order valence-electron chi connectivity index (χ0n) is 22.1. The number of ether oxygens (including phenoxy) is 1. The number of hydrogen-bond acceptors (Lipinski definition) is 9. The van der Waals surface area contributed by atoms with Crippen LogP contribution in [0.3, 0.4) is 0 Å². The Bertz CT molecular complexity index is 1420. The third-order valence-corrected chi connectivity index (χ3v) is 6.87. The van der Waals surface area contributed by atoms with Gasteiger partial charge in [-0.1, -0.05) is 72.8 Å². The molecular weight excluding hydrogens is 508 g/mol. The molecule has 1 fully saturated rings. The van der Waals surface area contributed by atoms with Crippen LogP contribution in [0.15, 0.2) is 91.3 Å². The largest absolute Gasteiger partial charge is 0.462 e. The Labute approximate surface area is 232 Å². The molecular formula is C30H30N6O4. The van der Waals surface area contributed by atoms with Crippen molar-refractivity contribution in [1.29, 1.82) is 0 Å². The summed E-state index contributed by atoms with van der Waals surface area (Å²) in [5.41, 5.74) is 2.79. The van der Waals surface area contributed by atoms with E-state index in [2.05, 4.69) is 44.5 Å². The quantitative estimate of drug-likeness (QED) is 0.174. The first-order valence-corrected chi connectivity index (χ1v) is 13.2. The van der Waals surface area contributed by atoms with Gasteiger partial charge in [-0.15, -0.1) is 0 Å². The topological polar surface area (TPSA) is 114 Å². The number of anilines is 3. The predicted molar refractivity (Wildman–Crippen MR) is 153 cm³/mol. The number of nitrogens with zero attached hydrogens (tertiary/aromatic N) is 5. The molecule has 4 aromatic rings. The van der Waals surface area contributed by atoms with E-state index >= 15 is 0 Å². The number of benzene rings is 3. The zero-order chi connectivity index (χ0) is 27.9. The summed E-state index contributed by atoms with van der Waals surface area (Å²) in [6.45, 7) is 4.40. The Balaban J connectivity index is 1.40. The van der Waals surface area contributed by atoms with Crippen LogP contribution in [0.5, 0.6) is 0 Å². The van der Waals surface area contributed by atoms with Crippen molar-refractivity contribution in [2.24, 2.45) is 0 Å². The van der Waals surface area contributed by atoms with Gasteiger partial charge in [-0.3, -0.25) is 15.0 Å². The maximum atomic E-state index is 12.4. The van der Waals surface area contributed by atoms with Crippen LogP contribution in [0.2, 0.25) is 0 Å². The number of carbonyl (C=O) groups is 1. The Hall–Kier alpha value is -4.83. The maximum Gasteiger partial charge on any atom is 0.353 e. The van der Waals surface area contributed by atoms with Gasteiger partial charge < -0.3 is 15.0 Å². The van der Waals surface area contributed by atoms with E-state index in [4.69, 9.17) is 4.74 Å². The van der Waals surface area contributed by atoms with E-state index in [1.165, 1.54) is 17.5 Å². The lowest BCUT2D eigenvalue weighted by Gasteiger charge is -2.40. The molecule has 1 aliphatic heterocycles. The van der Waals surface area contributed by atoms with Gasteiger partial charge in [0.05, 0.1) is 28.8 Å². The molecule has 1 saturated heterocycles. The van der Waals surface area contributed by atoms with Gasteiger partial charge in [0.25, 0.3) is 0 Å². The first kappa shape index (κ1) is 26.8. The summed E-state index contributed by atoms with van der Waals surface area (Å²) in [7, 11) is 0. The SMILES string of the molecule is CCOC(=O)c1ccccc1Nc1ncnc(N2CCN(C(c3ccccc3)c3ccccc3)CC2)c1[N+](=O)[O-]. The third-order valence-electron chi connectivity index (χ3n) is 6.87. The van der Waals surface area contributed by atoms with Gasteiger partial charge in [0.15, 0.2) is 0 Å². The van der Waals surface area contributed by atoms with Gasteiger partial charge in [-0.2, -0.15) is 0 Å². The number of rotatable bonds is 9. The van der Waals surface area contributed by atoms with E-state index in [9.17, 15) is 14.9 Å². The Morgan fingerprint density at radius 2 is 1.52 bits per heavy atom. The van der Waals surface area contributed by atoms with E-state index in [1.54, 1.807) is 31.2 Å². The molecule has 0 amide bonds. The van der Waals surface area contributed by atoms with Crippen LogP contribution in [0.4, 0.5) is 23.0 Å². The molecule has 0 unspecified atom stereocenters. The summed E-state index contributed by atoms with van der Waals surface area (Å²) >= 11 is 0. The number of piperazine rings is 1.